The van der Waals surface area contributed by atoms with Crippen LogP contribution in [-0.4, -0.2) is 48.8 Å². The van der Waals surface area contributed by atoms with Gasteiger partial charge in [0.15, 0.2) is 11.5 Å². The molecule has 166 valence electrons. The van der Waals surface area contributed by atoms with Gasteiger partial charge in [-0.05, 0) is 31.0 Å². The van der Waals surface area contributed by atoms with Crippen molar-refractivity contribution in [2.45, 2.75) is 25.7 Å². The summed E-state index contributed by atoms with van der Waals surface area (Å²) in [6.07, 6.45) is 3.51. The van der Waals surface area contributed by atoms with Crippen molar-refractivity contribution in [2.75, 3.05) is 20.8 Å². The van der Waals surface area contributed by atoms with Gasteiger partial charge in [-0.3, -0.25) is 19.4 Å². The zero-order chi connectivity index (χ0) is 22.6. The van der Waals surface area contributed by atoms with E-state index in [1.165, 1.54) is 20.4 Å². The monoisotopic (exact) mass is 431 g/mol. The van der Waals surface area contributed by atoms with E-state index in [0.717, 1.165) is 12.5 Å². The van der Waals surface area contributed by atoms with Crippen molar-refractivity contribution >= 4 is 18.0 Å². The third-order valence-electron chi connectivity index (χ3n) is 4.19. The van der Waals surface area contributed by atoms with Gasteiger partial charge in [0.05, 0.1) is 26.1 Å². The second-order valence-electron chi connectivity index (χ2n) is 6.47. The van der Waals surface area contributed by atoms with Gasteiger partial charge in [0, 0.05) is 24.6 Å². The van der Waals surface area contributed by atoms with Crippen LogP contribution in [0.4, 0.5) is 0 Å². The summed E-state index contributed by atoms with van der Waals surface area (Å²) in [6, 6.07) is 6.08. The number of hydrogen-bond donors (Lipinski definition) is 4. The lowest BCUT2D eigenvalue weighted by atomic mass is 10.1. The molecule has 0 atom stereocenters. The Morgan fingerprint density at radius 2 is 1.81 bits per heavy atom. The SMILES string of the molecule is COc1ccc(C(=O)NCCCCCC(=O)NN=Cc2cc(=O)[nH]c(=O)[nH]2)cc1OC. The molecule has 11 heteroatoms. The molecule has 1 aromatic carbocycles. The third kappa shape index (κ3) is 7.80. The first-order valence-electron chi connectivity index (χ1n) is 9.58. The average Bonchev–Trinajstić information content (AvgIpc) is 2.74. The molecule has 4 N–H and O–H groups in total. The molecule has 0 aliphatic carbocycles. The third-order valence-corrected chi connectivity index (χ3v) is 4.19. The lowest BCUT2D eigenvalue weighted by Gasteiger charge is -2.10. The Bertz CT molecular complexity index is 1010. The summed E-state index contributed by atoms with van der Waals surface area (Å²) in [5, 5.41) is 6.52. The lowest BCUT2D eigenvalue weighted by molar-refractivity contribution is -0.121. The summed E-state index contributed by atoms with van der Waals surface area (Å²) in [7, 11) is 3.03. The van der Waals surface area contributed by atoms with Crippen LogP contribution >= 0.6 is 0 Å². The van der Waals surface area contributed by atoms with Crippen LogP contribution in [0.1, 0.15) is 41.7 Å². The minimum Gasteiger partial charge on any atom is -0.493 e. The Morgan fingerprint density at radius 3 is 2.52 bits per heavy atom. The summed E-state index contributed by atoms with van der Waals surface area (Å²) in [4.78, 5) is 50.6. The number of hydrogen-bond acceptors (Lipinski definition) is 7. The second-order valence-corrected chi connectivity index (χ2v) is 6.47. The summed E-state index contributed by atoms with van der Waals surface area (Å²) in [5.41, 5.74) is 1.76. The number of benzene rings is 1. The van der Waals surface area contributed by atoms with Crippen molar-refractivity contribution in [2.24, 2.45) is 5.10 Å². The zero-order valence-electron chi connectivity index (χ0n) is 17.3. The Kier molecular flexibility index (Phi) is 9.02. The number of unbranched alkanes of at least 4 members (excludes halogenated alkanes) is 2. The molecular formula is C20H25N5O6. The van der Waals surface area contributed by atoms with Gasteiger partial charge >= 0.3 is 5.69 Å². The molecule has 0 bridgehead atoms. The number of ether oxygens (including phenoxy) is 2. The molecule has 0 radical (unpaired) electrons. The Morgan fingerprint density at radius 1 is 1.03 bits per heavy atom. The summed E-state index contributed by atoms with van der Waals surface area (Å²) < 4.78 is 10.3. The van der Waals surface area contributed by atoms with E-state index in [-0.39, 0.29) is 23.9 Å². The maximum absolute atomic E-state index is 12.2. The summed E-state index contributed by atoms with van der Waals surface area (Å²) in [6.45, 7) is 0.475. The molecule has 0 saturated carbocycles. The van der Waals surface area contributed by atoms with Crippen molar-refractivity contribution in [3.05, 3.63) is 56.4 Å². The van der Waals surface area contributed by atoms with E-state index < -0.39 is 11.2 Å². The van der Waals surface area contributed by atoms with Crippen LogP contribution in [0.5, 0.6) is 11.5 Å². The van der Waals surface area contributed by atoms with E-state index >= 15 is 0 Å². The molecule has 0 aliphatic rings. The van der Waals surface area contributed by atoms with Crippen molar-refractivity contribution in [1.29, 1.82) is 0 Å². The second kappa shape index (κ2) is 12.0. The number of aromatic amines is 2. The standard InChI is InChI=1S/C20H25N5O6/c1-30-15-8-7-13(10-16(15)31-2)19(28)21-9-5-3-4-6-17(26)25-22-12-14-11-18(27)24-20(29)23-14/h7-8,10-12H,3-6,9H2,1-2H3,(H,21,28)(H,25,26)(H2,23,24,27,29). The van der Waals surface area contributed by atoms with Crippen molar-refractivity contribution in [1.82, 2.24) is 20.7 Å². The predicted molar refractivity (Wildman–Crippen MR) is 114 cm³/mol. The van der Waals surface area contributed by atoms with Crippen LogP contribution in [0.2, 0.25) is 0 Å². The maximum atomic E-state index is 12.2. The van der Waals surface area contributed by atoms with Crippen LogP contribution in [0.3, 0.4) is 0 Å². The Balaban J connectivity index is 1.64. The van der Waals surface area contributed by atoms with E-state index in [0.29, 0.717) is 36.4 Å². The first-order valence-corrected chi connectivity index (χ1v) is 9.58. The van der Waals surface area contributed by atoms with Crippen LogP contribution < -0.4 is 31.5 Å². The molecule has 0 fully saturated rings. The molecule has 0 spiro atoms. The van der Waals surface area contributed by atoms with E-state index in [2.05, 4.69) is 20.8 Å². The normalized spacial score (nSPS) is 10.6. The van der Waals surface area contributed by atoms with Crippen molar-refractivity contribution in [3.63, 3.8) is 0 Å². The molecular weight excluding hydrogens is 406 g/mol. The van der Waals surface area contributed by atoms with E-state index in [1.807, 2.05) is 4.98 Å². The van der Waals surface area contributed by atoms with Gasteiger partial charge in [-0.2, -0.15) is 5.10 Å². The Hall–Kier alpha value is -3.89. The van der Waals surface area contributed by atoms with Gasteiger partial charge in [0.2, 0.25) is 5.91 Å². The molecule has 0 aliphatic heterocycles. The molecule has 2 aromatic rings. The van der Waals surface area contributed by atoms with Crippen LogP contribution in [0.15, 0.2) is 39.0 Å². The summed E-state index contributed by atoms with van der Waals surface area (Å²) >= 11 is 0. The number of aromatic nitrogens is 2. The number of nitrogens with one attached hydrogen (secondary N) is 4. The fourth-order valence-corrected chi connectivity index (χ4v) is 2.66. The molecule has 2 rings (SSSR count). The Labute approximate surface area is 177 Å². The van der Waals surface area contributed by atoms with Gasteiger partial charge in [0.25, 0.3) is 11.5 Å². The highest BCUT2D eigenvalue weighted by atomic mass is 16.5. The van der Waals surface area contributed by atoms with Gasteiger partial charge in [-0.15, -0.1) is 0 Å². The minimum atomic E-state index is -0.654. The number of rotatable bonds is 11. The highest BCUT2D eigenvalue weighted by Gasteiger charge is 2.10. The number of methoxy groups -OCH3 is 2. The molecule has 0 unspecified atom stereocenters. The lowest BCUT2D eigenvalue weighted by Crippen LogP contribution is -2.24. The minimum absolute atomic E-state index is 0.180. The first kappa shape index (κ1) is 23.4. The van der Waals surface area contributed by atoms with Gasteiger partial charge in [-0.1, -0.05) is 6.42 Å². The van der Waals surface area contributed by atoms with Crippen LogP contribution in [0.25, 0.3) is 0 Å². The largest absolute Gasteiger partial charge is 0.493 e. The smallest absolute Gasteiger partial charge is 0.326 e. The van der Waals surface area contributed by atoms with E-state index in [1.54, 1.807) is 18.2 Å². The zero-order valence-corrected chi connectivity index (χ0v) is 17.3. The number of carbonyl (C=O) groups is 2. The van der Waals surface area contributed by atoms with Crippen molar-refractivity contribution < 1.29 is 19.1 Å². The number of carbonyl (C=O) groups excluding carboxylic acids is 2. The van der Waals surface area contributed by atoms with E-state index in [4.69, 9.17) is 9.47 Å². The number of amides is 2. The average molecular weight is 431 g/mol. The highest BCUT2D eigenvalue weighted by Crippen LogP contribution is 2.27. The highest BCUT2D eigenvalue weighted by molar-refractivity contribution is 5.94. The first-order chi connectivity index (χ1) is 14.9. The topological polar surface area (TPSA) is 155 Å². The predicted octanol–water partition coefficient (Wildman–Crippen LogP) is 0.521. The molecule has 0 saturated heterocycles. The maximum Gasteiger partial charge on any atom is 0.326 e. The van der Waals surface area contributed by atoms with Crippen LogP contribution in [0, 0.1) is 0 Å². The fourth-order valence-electron chi connectivity index (χ4n) is 2.66. The molecule has 2 amide bonds. The van der Waals surface area contributed by atoms with E-state index in [9.17, 15) is 19.2 Å². The van der Waals surface area contributed by atoms with Gasteiger partial charge < -0.3 is 19.8 Å². The summed E-state index contributed by atoms with van der Waals surface area (Å²) in [5.74, 6) is 0.519. The quantitative estimate of drug-likeness (QED) is 0.231. The number of hydrazone groups is 1. The molecule has 1 aromatic heterocycles. The number of nitrogens with zero attached hydrogens (tertiary/aromatic N) is 1. The fraction of sp³-hybridized carbons (Fsp3) is 0.350. The van der Waals surface area contributed by atoms with Crippen LogP contribution in [-0.2, 0) is 4.79 Å². The van der Waals surface area contributed by atoms with Gasteiger partial charge in [0.1, 0.15) is 0 Å². The molecule has 1 heterocycles. The molecule has 11 nitrogen and oxygen atoms in total. The molecule has 31 heavy (non-hydrogen) atoms. The van der Waals surface area contributed by atoms with Gasteiger partial charge in [-0.25, -0.2) is 10.2 Å². The van der Waals surface area contributed by atoms with Crippen molar-refractivity contribution in [3.8, 4) is 11.5 Å². The number of H-pyrrole nitrogens is 2.